The van der Waals surface area contributed by atoms with Crippen molar-refractivity contribution in [2.75, 3.05) is 19.7 Å². The van der Waals surface area contributed by atoms with Crippen molar-refractivity contribution in [3.63, 3.8) is 0 Å². The lowest BCUT2D eigenvalue weighted by atomic mass is 10.1. The number of rotatable bonds is 5. The zero-order valence-electron chi connectivity index (χ0n) is 20.5. The minimum absolute atomic E-state index is 0.0613. The summed E-state index contributed by atoms with van der Waals surface area (Å²) in [7, 11) is 0. The number of likely N-dealkylation sites (tertiary alicyclic amines) is 1. The number of fused-ring (bicyclic) bond motifs is 2. The molecule has 3 atom stereocenters. The fourth-order valence-electron chi connectivity index (χ4n) is 5.52. The second-order valence-corrected chi connectivity index (χ2v) is 11.1. The summed E-state index contributed by atoms with van der Waals surface area (Å²) in [5.41, 5.74) is 3.72. The number of para-hydroxylation sites is 1. The number of carbonyl (C=O) groups is 2. The van der Waals surface area contributed by atoms with Gasteiger partial charge < -0.3 is 19.7 Å². The summed E-state index contributed by atoms with van der Waals surface area (Å²) in [5, 5.41) is 3.77. The molecule has 2 aliphatic heterocycles. The highest BCUT2D eigenvalue weighted by Crippen LogP contribution is 2.50. The Morgan fingerprint density at radius 3 is 2.94 bits per heavy atom. The van der Waals surface area contributed by atoms with Crippen LogP contribution in [0.5, 0.6) is 11.5 Å². The van der Waals surface area contributed by atoms with E-state index in [4.69, 9.17) is 9.47 Å². The van der Waals surface area contributed by atoms with Gasteiger partial charge in [-0.25, -0.2) is 9.78 Å². The Labute approximate surface area is 214 Å². The predicted molar refractivity (Wildman–Crippen MR) is 138 cm³/mol. The Hall–Kier alpha value is -3.39. The number of hydrogen-bond acceptors (Lipinski definition) is 6. The van der Waals surface area contributed by atoms with Gasteiger partial charge in [-0.05, 0) is 62.1 Å². The summed E-state index contributed by atoms with van der Waals surface area (Å²) in [6, 6.07) is 13.7. The standard InChI is InChI=1S/C28H29N3O4S/c1-16-6-3-8-19(12-16)26-24(30-17(2)36-26)27(32)31-15-20-13-21(20)22(31)14-29-28(33)35-23-10-4-7-18-9-5-11-34-25(18)23/h3-4,6-8,10,12,20-22H,5,9,11,13-15H2,1-2H3,(H,29,33)/t20-,21-,22+/m0/s1. The van der Waals surface area contributed by atoms with Gasteiger partial charge in [-0.3, -0.25) is 4.79 Å². The Balaban J connectivity index is 1.16. The highest BCUT2D eigenvalue weighted by Gasteiger charge is 2.54. The van der Waals surface area contributed by atoms with Crippen molar-refractivity contribution in [2.24, 2.45) is 11.8 Å². The first kappa shape index (κ1) is 23.0. The largest absolute Gasteiger partial charge is 0.489 e. The van der Waals surface area contributed by atoms with E-state index in [1.54, 1.807) is 17.4 Å². The van der Waals surface area contributed by atoms with E-state index in [-0.39, 0.29) is 11.9 Å². The van der Waals surface area contributed by atoms with E-state index in [2.05, 4.69) is 16.4 Å². The first-order valence-corrected chi connectivity index (χ1v) is 13.4. The molecule has 1 saturated heterocycles. The van der Waals surface area contributed by atoms with Crippen LogP contribution >= 0.6 is 11.3 Å². The number of nitrogens with zero attached hydrogens (tertiary/aromatic N) is 2. The van der Waals surface area contributed by atoms with Gasteiger partial charge in [0.15, 0.2) is 11.5 Å². The average molecular weight is 504 g/mol. The molecule has 0 bridgehead atoms. The zero-order valence-corrected chi connectivity index (χ0v) is 21.3. The first-order valence-electron chi connectivity index (χ1n) is 12.5. The van der Waals surface area contributed by atoms with Crippen molar-refractivity contribution in [2.45, 2.75) is 39.2 Å². The molecule has 186 valence electrons. The van der Waals surface area contributed by atoms with E-state index in [1.807, 2.05) is 49.1 Å². The second kappa shape index (κ2) is 9.24. The number of thiazole rings is 1. The number of piperidine rings is 1. The maximum atomic E-state index is 13.7. The Morgan fingerprint density at radius 1 is 1.22 bits per heavy atom. The van der Waals surface area contributed by atoms with E-state index in [0.717, 1.165) is 45.8 Å². The molecule has 6 rings (SSSR count). The summed E-state index contributed by atoms with van der Waals surface area (Å²) in [6.07, 6.45) is 2.43. The van der Waals surface area contributed by atoms with Gasteiger partial charge in [0.1, 0.15) is 5.69 Å². The molecule has 7 nitrogen and oxygen atoms in total. The van der Waals surface area contributed by atoms with Crippen molar-refractivity contribution in [3.8, 4) is 21.9 Å². The molecule has 2 amide bonds. The molecule has 3 heterocycles. The zero-order chi connectivity index (χ0) is 24.8. The number of amides is 2. The van der Waals surface area contributed by atoms with Crippen molar-refractivity contribution >= 4 is 23.3 Å². The van der Waals surface area contributed by atoms with Gasteiger partial charge in [0.05, 0.1) is 22.5 Å². The first-order chi connectivity index (χ1) is 17.5. The SMILES string of the molecule is Cc1cccc(-c2sc(C)nc2C(=O)N2C[C@@H]3C[C@@H]3[C@H]2CNC(=O)Oc2cccc3c2OCCC3)c1. The summed E-state index contributed by atoms with van der Waals surface area (Å²) in [6.45, 7) is 5.66. The lowest BCUT2D eigenvalue weighted by Gasteiger charge is -2.27. The van der Waals surface area contributed by atoms with E-state index < -0.39 is 6.09 Å². The minimum atomic E-state index is -0.529. The normalized spacial score (nSPS) is 21.8. The van der Waals surface area contributed by atoms with Crippen LogP contribution in [-0.4, -0.2) is 47.6 Å². The van der Waals surface area contributed by atoms with Crippen LogP contribution in [-0.2, 0) is 6.42 Å². The molecule has 36 heavy (non-hydrogen) atoms. The molecule has 0 radical (unpaired) electrons. The monoisotopic (exact) mass is 503 g/mol. The summed E-state index contributed by atoms with van der Waals surface area (Å²) in [5.74, 6) is 1.93. The quantitative estimate of drug-likeness (QED) is 0.530. The van der Waals surface area contributed by atoms with Gasteiger partial charge >= 0.3 is 6.09 Å². The Morgan fingerprint density at radius 2 is 2.08 bits per heavy atom. The predicted octanol–water partition coefficient (Wildman–Crippen LogP) is 5.00. The molecule has 1 saturated carbocycles. The number of aryl methyl sites for hydroxylation is 3. The van der Waals surface area contributed by atoms with E-state index >= 15 is 0 Å². The third-order valence-electron chi connectivity index (χ3n) is 7.34. The van der Waals surface area contributed by atoms with Gasteiger partial charge in [-0.1, -0.05) is 42.0 Å². The minimum Gasteiger partial charge on any atom is -0.489 e. The molecule has 8 heteroatoms. The summed E-state index contributed by atoms with van der Waals surface area (Å²) in [4.78, 5) is 33.9. The van der Waals surface area contributed by atoms with Crippen molar-refractivity contribution in [3.05, 3.63) is 64.3 Å². The molecule has 0 spiro atoms. The fraction of sp³-hybridized carbons (Fsp3) is 0.393. The maximum Gasteiger partial charge on any atom is 0.412 e. The number of carbonyl (C=O) groups excluding carboxylic acids is 2. The fourth-order valence-corrected chi connectivity index (χ4v) is 6.43. The molecule has 1 N–H and O–H groups in total. The average Bonchev–Trinajstić information content (AvgIpc) is 3.39. The highest BCUT2D eigenvalue weighted by atomic mass is 32.1. The van der Waals surface area contributed by atoms with Gasteiger partial charge in [0.2, 0.25) is 0 Å². The van der Waals surface area contributed by atoms with Crippen molar-refractivity contribution in [1.82, 2.24) is 15.2 Å². The van der Waals surface area contributed by atoms with Crippen molar-refractivity contribution < 1.29 is 19.1 Å². The molecular weight excluding hydrogens is 474 g/mol. The maximum absolute atomic E-state index is 13.7. The molecular formula is C28H29N3O4S. The third kappa shape index (κ3) is 4.34. The number of ether oxygens (including phenoxy) is 2. The molecule has 1 aromatic heterocycles. The van der Waals surface area contributed by atoms with Crippen LogP contribution in [0, 0.1) is 25.7 Å². The second-order valence-electron chi connectivity index (χ2n) is 9.93. The van der Waals surface area contributed by atoms with Crippen LogP contribution in [0.4, 0.5) is 4.79 Å². The van der Waals surface area contributed by atoms with Gasteiger partial charge in [0.25, 0.3) is 5.91 Å². The van der Waals surface area contributed by atoms with Crippen LogP contribution in [0.15, 0.2) is 42.5 Å². The van der Waals surface area contributed by atoms with Crippen LogP contribution < -0.4 is 14.8 Å². The van der Waals surface area contributed by atoms with E-state index in [9.17, 15) is 9.59 Å². The third-order valence-corrected chi connectivity index (χ3v) is 8.36. The van der Waals surface area contributed by atoms with Crippen molar-refractivity contribution in [1.29, 1.82) is 0 Å². The van der Waals surface area contributed by atoms with Crippen LogP contribution in [0.25, 0.3) is 10.4 Å². The smallest absolute Gasteiger partial charge is 0.412 e. The van der Waals surface area contributed by atoms with Crippen LogP contribution in [0.2, 0.25) is 0 Å². The molecule has 2 aromatic carbocycles. The number of nitrogens with one attached hydrogen (secondary N) is 1. The number of hydrogen-bond donors (Lipinski definition) is 1. The molecule has 3 aliphatic rings. The Kier molecular flexibility index (Phi) is 5.91. The van der Waals surface area contributed by atoms with Crippen LogP contribution in [0.3, 0.4) is 0 Å². The topological polar surface area (TPSA) is 80.8 Å². The van der Waals surface area contributed by atoms with E-state index in [1.165, 1.54) is 0 Å². The number of aromatic nitrogens is 1. The van der Waals surface area contributed by atoms with Gasteiger partial charge in [-0.2, -0.15) is 0 Å². The molecule has 2 fully saturated rings. The van der Waals surface area contributed by atoms with E-state index in [0.29, 0.717) is 48.7 Å². The van der Waals surface area contributed by atoms with Gasteiger partial charge in [0, 0.05) is 13.1 Å². The molecule has 3 aromatic rings. The summed E-state index contributed by atoms with van der Waals surface area (Å²) >= 11 is 1.55. The van der Waals surface area contributed by atoms with Crippen LogP contribution in [0.1, 0.15) is 39.5 Å². The lowest BCUT2D eigenvalue weighted by molar-refractivity contribution is 0.0700. The summed E-state index contributed by atoms with van der Waals surface area (Å²) < 4.78 is 11.4. The lowest BCUT2D eigenvalue weighted by Crippen LogP contribution is -2.46. The molecule has 0 unspecified atom stereocenters. The highest BCUT2D eigenvalue weighted by molar-refractivity contribution is 7.15. The Bertz CT molecular complexity index is 1340. The number of benzene rings is 2. The van der Waals surface area contributed by atoms with Gasteiger partial charge in [-0.15, -0.1) is 11.3 Å². The molecule has 1 aliphatic carbocycles.